The highest BCUT2D eigenvalue weighted by atomic mass is 16.5. The van der Waals surface area contributed by atoms with E-state index < -0.39 is 0 Å². The minimum absolute atomic E-state index is 0.218. The van der Waals surface area contributed by atoms with Crippen LogP contribution >= 0.6 is 0 Å². The molecule has 0 radical (unpaired) electrons. The lowest BCUT2D eigenvalue weighted by molar-refractivity contribution is 0.0939. The molecule has 3 rings (SSSR count). The van der Waals surface area contributed by atoms with Gasteiger partial charge in [-0.2, -0.15) is 5.10 Å². The van der Waals surface area contributed by atoms with Crippen LogP contribution in [0.2, 0.25) is 0 Å². The predicted molar refractivity (Wildman–Crippen MR) is 101 cm³/mol. The molecule has 0 bridgehead atoms. The molecule has 0 unspecified atom stereocenters. The average molecular weight is 368 g/mol. The Morgan fingerprint density at radius 3 is 2.85 bits per heavy atom. The fraction of sp³-hybridized carbons (Fsp3) is 0.350. The van der Waals surface area contributed by atoms with Gasteiger partial charge in [0.05, 0.1) is 11.8 Å². The molecular weight excluding hydrogens is 344 g/mol. The summed E-state index contributed by atoms with van der Waals surface area (Å²) in [5.41, 5.74) is 4.06. The summed E-state index contributed by atoms with van der Waals surface area (Å²) in [5.74, 6) is 1.06. The molecule has 1 N–H and O–H groups in total. The molecule has 0 aliphatic carbocycles. The monoisotopic (exact) mass is 368 g/mol. The fourth-order valence-corrected chi connectivity index (χ4v) is 2.71. The van der Waals surface area contributed by atoms with E-state index in [0.29, 0.717) is 17.9 Å². The maximum Gasteiger partial charge on any atom is 0.274 e. The van der Waals surface area contributed by atoms with Gasteiger partial charge in [0.15, 0.2) is 5.69 Å². The lowest BCUT2D eigenvalue weighted by Crippen LogP contribution is -2.24. The molecule has 2 heterocycles. The zero-order valence-electron chi connectivity index (χ0n) is 16.1. The third-order valence-electron chi connectivity index (χ3n) is 4.59. The van der Waals surface area contributed by atoms with E-state index in [-0.39, 0.29) is 18.2 Å². The molecule has 1 amide bonds. The number of benzene rings is 1. The summed E-state index contributed by atoms with van der Waals surface area (Å²) < 4.78 is 13.0. The summed E-state index contributed by atoms with van der Waals surface area (Å²) in [7, 11) is 0. The minimum Gasteiger partial charge on any atom is -0.488 e. The van der Waals surface area contributed by atoms with E-state index >= 15 is 0 Å². The summed E-state index contributed by atoms with van der Waals surface area (Å²) in [4.78, 5) is 12.5. The summed E-state index contributed by atoms with van der Waals surface area (Å²) >= 11 is 0. The maximum absolute atomic E-state index is 12.5. The quantitative estimate of drug-likeness (QED) is 0.692. The molecule has 0 saturated carbocycles. The molecule has 0 spiro atoms. The summed E-state index contributed by atoms with van der Waals surface area (Å²) in [6.07, 6.45) is 3.64. The van der Waals surface area contributed by atoms with Crippen LogP contribution in [0.4, 0.5) is 0 Å². The van der Waals surface area contributed by atoms with E-state index in [0.717, 1.165) is 29.0 Å². The van der Waals surface area contributed by atoms with Crippen molar-refractivity contribution in [2.45, 2.75) is 47.4 Å². The summed E-state index contributed by atoms with van der Waals surface area (Å²) in [6.45, 7) is 9.21. The first kappa shape index (κ1) is 18.7. The molecular formula is C20H24N4O3. The van der Waals surface area contributed by atoms with Gasteiger partial charge in [0.2, 0.25) is 0 Å². The molecule has 0 atom stereocenters. The SMILES string of the molecule is CCn1cc(CNC(=O)c2noc(C)c2COc2cccc(C)c2C)cn1. The standard InChI is InChI=1S/C20H24N4O3/c1-5-24-11-16(10-22-24)9-21-20(25)19-17(15(4)27-23-19)12-26-18-8-6-7-13(2)14(18)3/h6-8,10-11H,5,9,12H2,1-4H3,(H,21,25). The van der Waals surface area contributed by atoms with Crippen molar-refractivity contribution in [1.29, 1.82) is 0 Å². The first-order chi connectivity index (χ1) is 13.0. The number of rotatable bonds is 7. The second kappa shape index (κ2) is 8.07. The van der Waals surface area contributed by atoms with Crippen LogP contribution in [-0.2, 0) is 19.7 Å². The van der Waals surface area contributed by atoms with Crippen LogP contribution in [0.1, 0.15) is 45.4 Å². The van der Waals surface area contributed by atoms with Crippen LogP contribution in [0.25, 0.3) is 0 Å². The van der Waals surface area contributed by atoms with Gasteiger partial charge in [-0.15, -0.1) is 0 Å². The van der Waals surface area contributed by atoms with Crippen molar-refractivity contribution >= 4 is 5.91 Å². The first-order valence-electron chi connectivity index (χ1n) is 8.93. The summed E-state index contributed by atoms with van der Waals surface area (Å²) in [6, 6.07) is 5.89. The zero-order valence-corrected chi connectivity index (χ0v) is 16.1. The smallest absolute Gasteiger partial charge is 0.274 e. The largest absolute Gasteiger partial charge is 0.488 e. The van der Waals surface area contributed by atoms with E-state index in [1.54, 1.807) is 13.1 Å². The van der Waals surface area contributed by atoms with Gasteiger partial charge in [-0.3, -0.25) is 9.48 Å². The van der Waals surface area contributed by atoms with E-state index in [2.05, 4.69) is 15.6 Å². The number of nitrogens with zero attached hydrogens (tertiary/aromatic N) is 3. The molecule has 27 heavy (non-hydrogen) atoms. The number of hydrogen-bond donors (Lipinski definition) is 1. The second-order valence-electron chi connectivity index (χ2n) is 6.44. The zero-order chi connectivity index (χ0) is 19.4. The maximum atomic E-state index is 12.5. The Kier molecular flexibility index (Phi) is 5.59. The van der Waals surface area contributed by atoms with Crippen LogP contribution < -0.4 is 10.1 Å². The highest BCUT2D eigenvalue weighted by molar-refractivity contribution is 5.93. The van der Waals surface area contributed by atoms with Crippen molar-refractivity contribution in [2.75, 3.05) is 0 Å². The number of amides is 1. The third kappa shape index (κ3) is 4.19. The van der Waals surface area contributed by atoms with E-state index in [1.807, 2.05) is 49.8 Å². The Labute approximate surface area is 158 Å². The fourth-order valence-electron chi connectivity index (χ4n) is 2.71. The van der Waals surface area contributed by atoms with Crippen LogP contribution in [0, 0.1) is 20.8 Å². The van der Waals surface area contributed by atoms with Gasteiger partial charge in [-0.1, -0.05) is 17.3 Å². The van der Waals surface area contributed by atoms with Crippen LogP contribution in [0.15, 0.2) is 35.1 Å². The predicted octanol–water partition coefficient (Wildman–Crippen LogP) is 3.33. The Balaban J connectivity index is 1.68. The van der Waals surface area contributed by atoms with Crippen molar-refractivity contribution in [3.05, 3.63) is 64.3 Å². The summed E-state index contributed by atoms with van der Waals surface area (Å²) in [5, 5.41) is 11.0. The lowest BCUT2D eigenvalue weighted by Gasteiger charge is -2.11. The van der Waals surface area contributed by atoms with Gasteiger partial charge in [-0.05, 0) is 44.9 Å². The van der Waals surface area contributed by atoms with Crippen molar-refractivity contribution < 1.29 is 14.1 Å². The Hall–Kier alpha value is -3.09. The normalized spacial score (nSPS) is 10.8. The molecule has 0 aliphatic rings. The number of aryl methyl sites for hydroxylation is 3. The van der Waals surface area contributed by atoms with E-state index in [1.165, 1.54) is 0 Å². The lowest BCUT2D eigenvalue weighted by atomic mass is 10.1. The van der Waals surface area contributed by atoms with Gasteiger partial charge < -0.3 is 14.6 Å². The van der Waals surface area contributed by atoms with Crippen molar-refractivity contribution in [3.63, 3.8) is 0 Å². The molecule has 142 valence electrons. The molecule has 0 aliphatic heterocycles. The number of ether oxygens (including phenoxy) is 1. The molecule has 0 saturated heterocycles. The molecule has 1 aromatic carbocycles. The van der Waals surface area contributed by atoms with Gasteiger partial charge >= 0.3 is 0 Å². The molecule has 7 nitrogen and oxygen atoms in total. The van der Waals surface area contributed by atoms with Crippen molar-refractivity contribution in [1.82, 2.24) is 20.3 Å². The van der Waals surface area contributed by atoms with Gasteiger partial charge in [0.1, 0.15) is 18.1 Å². The van der Waals surface area contributed by atoms with Gasteiger partial charge in [0, 0.05) is 24.8 Å². The Morgan fingerprint density at radius 1 is 1.30 bits per heavy atom. The number of carbonyl (C=O) groups is 1. The molecule has 7 heteroatoms. The average Bonchev–Trinajstić information content (AvgIpc) is 3.27. The molecule has 2 aromatic heterocycles. The minimum atomic E-state index is -0.296. The number of hydrogen-bond acceptors (Lipinski definition) is 5. The second-order valence-corrected chi connectivity index (χ2v) is 6.44. The Morgan fingerprint density at radius 2 is 2.11 bits per heavy atom. The topological polar surface area (TPSA) is 82.2 Å². The highest BCUT2D eigenvalue weighted by Crippen LogP contribution is 2.23. The molecule has 0 fully saturated rings. The third-order valence-corrected chi connectivity index (χ3v) is 4.59. The highest BCUT2D eigenvalue weighted by Gasteiger charge is 2.20. The number of nitrogens with one attached hydrogen (secondary N) is 1. The Bertz CT molecular complexity index is 943. The molecule has 3 aromatic rings. The van der Waals surface area contributed by atoms with E-state index in [4.69, 9.17) is 9.26 Å². The van der Waals surface area contributed by atoms with Crippen LogP contribution in [0.3, 0.4) is 0 Å². The van der Waals surface area contributed by atoms with Crippen LogP contribution in [0.5, 0.6) is 5.75 Å². The first-order valence-corrected chi connectivity index (χ1v) is 8.93. The van der Waals surface area contributed by atoms with E-state index in [9.17, 15) is 4.79 Å². The number of carbonyl (C=O) groups excluding carboxylic acids is 1. The van der Waals surface area contributed by atoms with Gasteiger partial charge in [-0.25, -0.2) is 0 Å². The van der Waals surface area contributed by atoms with Gasteiger partial charge in [0.25, 0.3) is 5.91 Å². The van der Waals surface area contributed by atoms with Crippen molar-refractivity contribution in [2.24, 2.45) is 0 Å². The van der Waals surface area contributed by atoms with Crippen molar-refractivity contribution in [3.8, 4) is 5.75 Å². The van der Waals surface area contributed by atoms with Crippen LogP contribution in [-0.4, -0.2) is 20.8 Å². The number of aromatic nitrogens is 3.